The Hall–Kier alpha value is -4.61. The maximum absolute atomic E-state index is 13.8. The van der Waals surface area contributed by atoms with Crippen LogP contribution in [0, 0.1) is 0 Å². The Kier molecular flexibility index (Phi) is 9.60. The molecule has 2 aliphatic heterocycles. The first kappa shape index (κ1) is 31.8. The number of rotatable bonds is 9. The van der Waals surface area contributed by atoms with Crippen molar-refractivity contribution in [1.29, 1.82) is 0 Å². The average Bonchev–Trinajstić information content (AvgIpc) is 3.04. The number of ether oxygens (including phenoxy) is 2. The molecule has 3 amide bonds. The highest BCUT2D eigenvalue weighted by molar-refractivity contribution is 8.00. The van der Waals surface area contributed by atoms with Crippen molar-refractivity contribution in [3.8, 4) is 0 Å². The van der Waals surface area contributed by atoms with E-state index in [-0.39, 0.29) is 11.4 Å². The molecule has 10 nitrogen and oxygen atoms in total. The lowest BCUT2D eigenvalue weighted by atomic mass is 10.00. The van der Waals surface area contributed by atoms with Gasteiger partial charge in [-0.05, 0) is 43.0 Å². The Morgan fingerprint density at radius 1 is 0.911 bits per heavy atom. The Morgan fingerprint density at radius 3 is 1.96 bits per heavy atom. The van der Waals surface area contributed by atoms with E-state index < -0.39 is 59.6 Å². The van der Waals surface area contributed by atoms with Crippen molar-refractivity contribution < 1.29 is 33.8 Å². The molecule has 3 aromatic carbocycles. The second-order valence-electron chi connectivity index (χ2n) is 11.6. The largest absolute Gasteiger partial charge is 0.448 e. The molecule has 2 aliphatic rings. The Morgan fingerprint density at radius 2 is 1.44 bits per heavy atom. The van der Waals surface area contributed by atoms with Crippen LogP contribution in [0.5, 0.6) is 0 Å². The quantitative estimate of drug-likeness (QED) is 0.237. The molecule has 1 saturated heterocycles. The molecule has 0 saturated carbocycles. The van der Waals surface area contributed by atoms with E-state index in [2.05, 4.69) is 10.6 Å². The van der Waals surface area contributed by atoms with Crippen molar-refractivity contribution in [2.45, 2.75) is 49.9 Å². The number of esters is 1. The van der Waals surface area contributed by atoms with E-state index in [1.165, 1.54) is 16.7 Å². The van der Waals surface area contributed by atoms with Gasteiger partial charge >= 0.3 is 12.1 Å². The van der Waals surface area contributed by atoms with Gasteiger partial charge in [-0.15, -0.1) is 11.8 Å². The van der Waals surface area contributed by atoms with Gasteiger partial charge in [-0.2, -0.15) is 0 Å². The van der Waals surface area contributed by atoms with Crippen LogP contribution < -0.4 is 10.6 Å². The van der Waals surface area contributed by atoms with Gasteiger partial charge < -0.3 is 25.2 Å². The van der Waals surface area contributed by atoms with Crippen LogP contribution in [0.2, 0.25) is 0 Å². The first-order chi connectivity index (χ1) is 21.6. The van der Waals surface area contributed by atoms with Gasteiger partial charge in [0, 0.05) is 5.75 Å². The third kappa shape index (κ3) is 7.21. The molecule has 45 heavy (non-hydrogen) atoms. The van der Waals surface area contributed by atoms with Crippen LogP contribution in [0.4, 0.5) is 4.79 Å². The molecule has 3 N–H and O–H groups in total. The van der Waals surface area contributed by atoms with Gasteiger partial charge in [0.25, 0.3) is 5.91 Å². The first-order valence-electron chi connectivity index (χ1n) is 14.5. The third-order valence-corrected chi connectivity index (χ3v) is 8.55. The summed E-state index contributed by atoms with van der Waals surface area (Å²) >= 11 is 1.31. The average molecular weight is 630 g/mol. The summed E-state index contributed by atoms with van der Waals surface area (Å²) in [6, 6.07) is 25.0. The smallest absolute Gasteiger partial charge is 0.408 e. The summed E-state index contributed by atoms with van der Waals surface area (Å²) in [6.07, 6.45) is -1.54. The van der Waals surface area contributed by atoms with Crippen LogP contribution in [-0.4, -0.2) is 63.3 Å². The number of carbonyl (C=O) groups excluding carboxylic acids is 4. The maximum Gasteiger partial charge on any atom is 0.408 e. The molecule has 0 aromatic heterocycles. The molecule has 11 heteroatoms. The van der Waals surface area contributed by atoms with Crippen LogP contribution in [0.3, 0.4) is 0 Å². The zero-order chi connectivity index (χ0) is 32.1. The molecule has 0 spiro atoms. The van der Waals surface area contributed by atoms with Gasteiger partial charge in [-0.1, -0.05) is 91.0 Å². The van der Waals surface area contributed by atoms with Gasteiger partial charge in [-0.25, -0.2) is 9.59 Å². The summed E-state index contributed by atoms with van der Waals surface area (Å²) < 4.78 is 11.4. The minimum absolute atomic E-state index is 0.0277. The summed E-state index contributed by atoms with van der Waals surface area (Å²) in [5.41, 5.74) is 1.53. The van der Waals surface area contributed by atoms with Gasteiger partial charge in [0.1, 0.15) is 28.8 Å². The molecule has 3 aromatic rings. The number of hydrogen-bond donors (Lipinski definition) is 3. The lowest BCUT2D eigenvalue weighted by molar-refractivity contribution is -0.155. The normalized spacial score (nSPS) is 18.4. The first-order valence-corrected chi connectivity index (χ1v) is 15.6. The summed E-state index contributed by atoms with van der Waals surface area (Å²) in [4.78, 5) is 54.8. The van der Waals surface area contributed by atoms with E-state index in [1.807, 2.05) is 60.7 Å². The topological polar surface area (TPSA) is 134 Å². The van der Waals surface area contributed by atoms with Gasteiger partial charge in [0.2, 0.25) is 5.91 Å². The molecule has 0 bridgehead atoms. The number of fused-ring (bicyclic) bond motifs is 1. The van der Waals surface area contributed by atoms with E-state index in [9.17, 15) is 24.3 Å². The van der Waals surface area contributed by atoms with Crippen molar-refractivity contribution >= 4 is 35.6 Å². The Balaban J connectivity index is 1.35. The zero-order valence-electron chi connectivity index (χ0n) is 25.1. The fourth-order valence-electron chi connectivity index (χ4n) is 5.15. The molecule has 1 unspecified atom stereocenters. The molecule has 1 fully saturated rings. The molecule has 5 rings (SSSR count). The van der Waals surface area contributed by atoms with Crippen LogP contribution in [0.15, 0.2) is 102 Å². The van der Waals surface area contributed by atoms with Crippen molar-refractivity contribution in [2.24, 2.45) is 0 Å². The summed E-state index contributed by atoms with van der Waals surface area (Å²) in [5.74, 6) is -1.64. The number of benzene rings is 3. The number of thioether (sulfide) groups is 1. The number of nitrogens with one attached hydrogen (secondary N) is 2. The molecule has 2 heterocycles. The minimum Gasteiger partial charge on any atom is -0.448 e. The Bertz CT molecular complexity index is 1540. The number of hydrogen-bond acceptors (Lipinski definition) is 8. The standard InChI is InChI=1S/C34H35N3O7S/c1-34(2,3)44-33(42)36-25(21-13-7-4-8-14-21)29(39)35-26-30(40)37-27(24(19-38)20-45-31(26)37)32(41)43-28(22-15-9-5-10-16-22)23-17-11-6-12-18-23/h4-18,25-26,28,31,38H,19-20H2,1-3H3,(H,35,39)(H,36,42)/t25?,26-,31-/m1/s1. The molecule has 3 atom stereocenters. The van der Waals surface area contributed by atoms with Crippen LogP contribution in [0.1, 0.15) is 49.6 Å². The summed E-state index contributed by atoms with van der Waals surface area (Å²) in [5, 5.41) is 14.9. The number of aliphatic hydroxyl groups excluding tert-OH is 1. The highest BCUT2D eigenvalue weighted by Gasteiger charge is 2.55. The summed E-state index contributed by atoms with van der Waals surface area (Å²) in [6.45, 7) is 4.70. The fraction of sp³-hybridized carbons (Fsp3) is 0.294. The van der Waals surface area contributed by atoms with Gasteiger partial charge in [0.05, 0.1) is 6.61 Å². The van der Waals surface area contributed by atoms with Crippen LogP contribution in [0.25, 0.3) is 0 Å². The second-order valence-corrected chi connectivity index (χ2v) is 12.7. The molecule has 0 radical (unpaired) electrons. The number of aliphatic hydroxyl groups is 1. The SMILES string of the molecule is CC(C)(C)OC(=O)NC(C(=O)N[C@@H]1C(=O)N2C(C(=O)OC(c3ccccc3)c3ccccc3)=C(CO)CS[C@H]12)c1ccccc1. The van der Waals surface area contributed by atoms with Crippen molar-refractivity contribution in [3.63, 3.8) is 0 Å². The minimum atomic E-state index is -1.14. The molecular formula is C34H35N3O7S. The molecule has 234 valence electrons. The van der Waals surface area contributed by atoms with Gasteiger partial charge in [0.15, 0.2) is 6.10 Å². The lowest BCUT2D eigenvalue weighted by Gasteiger charge is -2.50. The summed E-state index contributed by atoms with van der Waals surface area (Å²) in [7, 11) is 0. The zero-order valence-corrected chi connectivity index (χ0v) is 26.0. The predicted molar refractivity (Wildman–Crippen MR) is 169 cm³/mol. The number of β-lactam (4-membered cyclic amide) rings is 1. The molecular weight excluding hydrogens is 594 g/mol. The number of amides is 3. The molecule has 0 aliphatic carbocycles. The number of alkyl carbamates (subject to hydrolysis) is 1. The van der Waals surface area contributed by atoms with E-state index in [1.54, 1.807) is 51.1 Å². The van der Waals surface area contributed by atoms with Crippen molar-refractivity contribution in [3.05, 3.63) is 119 Å². The van der Waals surface area contributed by atoms with E-state index in [0.29, 0.717) is 11.1 Å². The van der Waals surface area contributed by atoms with Crippen LogP contribution in [-0.2, 0) is 23.9 Å². The second kappa shape index (κ2) is 13.6. The maximum atomic E-state index is 13.8. The van der Waals surface area contributed by atoms with Crippen molar-refractivity contribution in [1.82, 2.24) is 15.5 Å². The van der Waals surface area contributed by atoms with Crippen molar-refractivity contribution in [2.75, 3.05) is 12.4 Å². The fourth-order valence-corrected chi connectivity index (χ4v) is 6.48. The highest BCUT2D eigenvalue weighted by Crippen LogP contribution is 2.41. The highest BCUT2D eigenvalue weighted by atomic mass is 32.2. The van der Waals surface area contributed by atoms with E-state index in [4.69, 9.17) is 9.47 Å². The number of carbonyl (C=O) groups is 4. The Labute approximate surface area is 265 Å². The monoisotopic (exact) mass is 629 g/mol. The van der Waals surface area contributed by atoms with Gasteiger partial charge in [-0.3, -0.25) is 14.5 Å². The number of nitrogens with zero attached hydrogens (tertiary/aromatic N) is 1. The lowest BCUT2D eigenvalue weighted by Crippen LogP contribution is -2.71. The van der Waals surface area contributed by atoms with E-state index >= 15 is 0 Å². The van der Waals surface area contributed by atoms with Crippen LogP contribution >= 0.6 is 11.8 Å². The third-order valence-electron chi connectivity index (χ3n) is 7.21. The van der Waals surface area contributed by atoms with E-state index in [0.717, 1.165) is 11.1 Å². The predicted octanol–water partition coefficient (Wildman–Crippen LogP) is 4.23.